The summed E-state index contributed by atoms with van der Waals surface area (Å²) >= 11 is 0. The van der Waals surface area contributed by atoms with E-state index < -0.39 is 5.41 Å². The largest absolute Gasteiger partial charge is 0.355 e. The second-order valence-corrected chi connectivity index (χ2v) is 6.93. The predicted molar refractivity (Wildman–Crippen MR) is 96.9 cm³/mol. The molecule has 4 heterocycles. The molecule has 1 fully saturated rings. The number of hydrogen-bond donors (Lipinski definition) is 1. The van der Waals surface area contributed by atoms with E-state index in [0.717, 1.165) is 47.5 Å². The van der Waals surface area contributed by atoms with Gasteiger partial charge in [-0.2, -0.15) is 0 Å². The maximum atomic E-state index is 13.2. The van der Waals surface area contributed by atoms with Crippen LogP contribution in [0.3, 0.4) is 0 Å². The number of carbonyl (C=O) groups is 1. The van der Waals surface area contributed by atoms with Crippen LogP contribution in [0.2, 0.25) is 0 Å². The van der Waals surface area contributed by atoms with E-state index in [0.29, 0.717) is 6.54 Å². The maximum absolute atomic E-state index is 13.2. The van der Waals surface area contributed by atoms with Gasteiger partial charge in [0.05, 0.1) is 10.8 Å². The number of nitrogens with one attached hydrogen (secondary N) is 1. The molecule has 1 N–H and O–H groups in total. The summed E-state index contributed by atoms with van der Waals surface area (Å²) < 4.78 is 0. The van der Waals surface area contributed by atoms with Crippen molar-refractivity contribution in [1.29, 1.82) is 0 Å². The third kappa shape index (κ3) is 1.88. The highest BCUT2D eigenvalue weighted by Crippen LogP contribution is 2.47. The molecule has 0 aliphatic carbocycles. The lowest BCUT2D eigenvalue weighted by molar-refractivity contribution is -0.123. The van der Waals surface area contributed by atoms with Gasteiger partial charge in [0, 0.05) is 32.0 Å². The molecule has 1 spiro atoms. The van der Waals surface area contributed by atoms with Gasteiger partial charge in [-0.25, -0.2) is 9.97 Å². The van der Waals surface area contributed by atoms with Crippen molar-refractivity contribution in [2.75, 3.05) is 29.9 Å². The molecule has 25 heavy (non-hydrogen) atoms. The molecular weight excluding hydrogens is 314 g/mol. The molecule has 0 bridgehead atoms. The molecule has 2 aliphatic heterocycles. The number of rotatable bonds is 1. The molecule has 0 saturated carbocycles. The minimum atomic E-state index is -0.475. The Kier molecular flexibility index (Phi) is 2.92. The lowest BCUT2D eigenvalue weighted by Gasteiger charge is -2.40. The van der Waals surface area contributed by atoms with E-state index in [1.54, 1.807) is 6.33 Å². The van der Waals surface area contributed by atoms with Crippen LogP contribution in [-0.2, 0) is 10.2 Å². The monoisotopic (exact) mass is 333 g/mol. The number of nitrogens with zero attached hydrogens (tertiary/aromatic N) is 4. The topological polar surface area (TPSA) is 65.1 Å². The van der Waals surface area contributed by atoms with Gasteiger partial charge in [-0.05, 0) is 30.5 Å². The fourth-order valence-electron chi connectivity index (χ4n) is 4.46. The standard InChI is InChI=1S/C19H19N5O/c1-23-15-6-3-2-5-14(15)19(18(23)25)8-4-10-24(11-19)17-13-7-9-20-16(13)21-12-22-17/h2-3,5-7,9,12H,4,8,10-11H2,1H3,(H,20,21,22). The number of carbonyl (C=O) groups excluding carboxylic acids is 1. The van der Waals surface area contributed by atoms with Crippen molar-refractivity contribution in [3.8, 4) is 0 Å². The number of aromatic amines is 1. The zero-order valence-corrected chi connectivity index (χ0v) is 14.1. The van der Waals surface area contributed by atoms with Gasteiger partial charge < -0.3 is 14.8 Å². The summed E-state index contributed by atoms with van der Waals surface area (Å²) in [5.41, 5.74) is 2.53. The number of amides is 1. The van der Waals surface area contributed by atoms with Crippen molar-refractivity contribution in [2.24, 2.45) is 0 Å². The lowest BCUT2D eigenvalue weighted by Crippen LogP contribution is -2.51. The van der Waals surface area contributed by atoms with Crippen LogP contribution >= 0.6 is 0 Å². The fraction of sp³-hybridized carbons (Fsp3) is 0.316. The van der Waals surface area contributed by atoms with Crippen LogP contribution < -0.4 is 9.80 Å². The summed E-state index contributed by atoms with van der Waals surface area (Å²) in [6, 6.07) is 10.2. The molecule has 1 saturated heterocycles. The van der Waals surface area contributed by atoms with Crippen LogP contribution in [0, 0.1) is 0 Å². The summed E-state index contributed by atoms with van der Waals surface area (Å²) in [6.45, 7) is 1.56. The number of hydrogen-bond acceptors (Lipinski definition) is 4. The Morgan fingerprint density at radius 3 is 3.00 bits per heavy atom. The molecule has 0 radical (unpaired) electrons. The van der Waals surface area contributed by atoms with E-state index in [1.165, 1.54) is 0 Å². The number of H-pyrrole nitrogens is 1. The number of likely N-dealkylation sites (N-methyl/N-ethyl adjacent to an activating group) is 1. The summed E-state index contributed by atoms with van der Waals surface area (Å²) in [6.07, 6.45) is 5.31. The van der Waals surface area contributed by atoms with Gasteiger partial charge >= 0.3 is 0 Å². The minimum Gasteiger partial charge on any atom is -0.355 e. The van der Waals surface area contributed by atoms with E-state index in [-0.39, 0.29) is 5.91 Å². The van der Waals surface area contributed by atoms with Crippen molar-refractivity contribution < 1.29 is 4.79 Å². The zero-order chi connectivity index (χ0) is 17.0. The number of fused-ring (bicyclic) bond motifs is 3. The Bertz CT molecular complexity index is 981. The lowest BCUT2D eigenvalue weighted by atomic mass is 9.75. The summed E-state index contributed by atoms with van der Waals surface area (Å²) in [5, 5.41) is 1.01. The molecule has 1 amide bonds. The molecule has 3 aromatic rings. The van der Waals surface area contributed by atoms with Crippen molar-refractivity contribution >= 4 is 28.4 Å². The van der Waals surface area contributed by atoms with Gasteiger partial charge in [0.1, 0.15) is 17.8 Å². The van der Waals surface area contributed by atoms with Gasteiger partial charge in [-0.3, -0.25) is 4.79 Å². The van der Waals surface area contributed by atoms with Crippen molar-refractivity contribution in [3.63, 3.8) is 0 Å². The first kappa shape index (κ1) is 14.5. The predicted octanol–water partition coefficient (Wildman–Crippen LogP) is 2.47. The number of aromatic nitrogens is 3. The normalized spacial score (nSPS) is 22.8. The summed E-state index contributed by atoms with van der Waals surface area (Å²) in [4.78, 5) is 29.2. The molecule has 2 aromatic heterocycles. The maximum Gasteiger partial charge on any atom is 0.239 e. The highest BCUT2D eigenvalue weighted by atomic mass is 16.2. The Labute approximate surface area is 145 Å². The van der Waals surface area contributed by atoms with E-state index in [2.05, 4.69) is 25.9 Å². The number of anilines is 2. The summed E-state index contributed by atoms with van der Waals surface area (Å²) in [5.74, 6) is 1.10. The van der Waals surface area contributed by atoms with Crippen molar-refractivity contribution in [1.82, 2.24) is 15.0 Å². The number of piperidine rings is 1. The number of benzene rings is 1. The second-order valence-electron chi connectivity index (χ2n) is 6.93. The van der Waals surface area contributed by atoms with Crippen LogP contribution in [0.15, 0.2) is 42.9 Å². The first-order valence-corrected chi connectivity index (χ1v) is 8.61. The molecule has 6 heteroatoms. The van der Waals surface area contributed by atoms with Gasteiger partial charge in [0.2, 0.25) is 5.91 Å². The average molecular weight is 333 g/mol. The Balaban J connectivity index is 1.61. The van der Waals surface area contributed by atoms with Crippen LogP contribution in [0.25, 0.3) is 11.0 Å². The average Bonchev–Trinajstić information content (AvgIpc) is 3.21. The molecule has 1 aromatic carbocycles. The second kappa shape index (κ2) is 5.05. The van der Waals surface area contributed by atoms with E-state index in [4.69, 9.17) is 0 Å². The quantitative estimate of drug-likeness (QED) is 0.743. The molecule has 126 valence electrons. The first-order valence-electron chi connectivity index (χ1n) is 8.61. The Morgan fingerprint density at radius 1 is 1.20 bits per heavy atom. The smallest absolute Gasteiger partial charge is 0.239 e. The molecular formula is C19H19N5O. The van der Waals surface area contributed by atoms with Crippen LogP contribution in [-0.4, -0.2) is 41.0 Å². The molecule has 1 unspecified atom stereocenters. The summed E-state index contributed by atoms with van der Waals surface area (Å²) in [7, 11) is 1.88. The molecule has 5 rings (SSSR count). The third-order valence-corrected chi connectivity index (χ3v) is 5.62. The fourth-order valence-corrected chi connectivity index (χ4v) is 4.46. The van der Waals surface area contributed by atoms with Gasteiger partial charge in [0.25, 0.3) is 0 Å². The van der Waals surface area contributed by atoms with E-state index in [9.17, 15) is 4.79 Å². The van der Waals surface area contributed by atoms with E-state index >= 15 is 0 Å². The molecule has 2 aliphatic rings. The van der Waals surface area contributed by atoms with E-state index in [1.807, 2.05) is 42.4 Å². The van der Waals surface area contributed by atoms with Crippen molar-refractivity contribution in [3.05, 3.63) is 48.4 Å². The zero-order valence-electron chi connectivity index (χ0n) is 14.1. The SMILES string of the molecule is CN1C(=O)C2(CCCN(c3ncnc4[nH]ccc34)C2)c2ccccc21. The highest BCUT2D eigenvalue weighted by Gasteiger charge is 2.51. The Hall–Kier alpha value is -2.89. The van der Waals surface area contributed by atoms with Crippen LogP contribution in [0.4, 0.5) is 11.5 Å². The first-order chi connectivity index (χ1) is 12.2. The Morgan fingerprint density at radius 2 is 2.08 bits per heavy atom. The van der Waals surface area contributed by atoms with Crippen LogP contribution in [0.1, 0.15) is 18.4 Å². The van der Waals surface area contributed by atoms with Crippen molar-refractivity contribution in [2.45, 2.75) is 18.3 Å². The van der Waals surface area contributed by atoms with Gasteiger partial charge in [-0.15, -0.1) is 0 Å². The minimum absolute atomic E-state index is 0.192. The molecule has 1 atom stereocenters. The molecule has 6 nitrogen and oxygen atoms in total. The van der Waals surface area contributed by atoms with Gasteiger partial charge in [-0.1, -0.05) is 18.2 Å². The number of para-hydroxylation sites is 1. The third-order valence-electron chi connectivity index (χ3n) is 5.62. The highest BCUT2D eigenvalue weighted by molar-refractivity contribution is 6.08. The van der Waals surface area contributed by atoms with Gasteiger partial charge in [0.15, 0.2) is 0 Å². The van der Waals surface area contributed by atoms with Crippen LogP contribution in [0.5, 0.6) is 0 Å².